The quantitative estimate of drug-likeness (QED) is 0.750. The van der Waals surface area contributed by atoms with Gasteiger partial charge in [-0.2, -0.15) is 4.31 Å². The molecule has 1 aliphatic heterocycles. The van der Waals surface area contributed by atoms with Crippen LogP contribution in [0.3, 0.4) is 0 Å². The molecular weight excluding hydrogens is 421 g/mol. The fraction of sp³-hybridized carbons (Fsp3) is 0.235. The molecule has 0 radical (unpaired) electrons. The van der Waals surface area contributed by atoms with Crippen molar-refractivity contribution in [1.29, 1.82) is 0 Å². The van der Waals surface area contributed by atoms with Gasteiger partial charge in [0.2, 0.25) is 10.0 Å². The van der Waals surface area contributed by atoms with Gasteiger partial charge in [-0.05, 0) is 30.3 Å². The lowest BCUT2D eigenvalue weighted by molar-refractivity contribution is 0.0730. The van der Waals surface area contributed by atoms with Crippen molar-refractivity contribution in [3.63, 3.8) is 0 Å². The highest BCUT2D eigenvalue weighted by Crippen LogP contribution is 2.28. The molecule has 1 amide bonds. The Labute approximate surface area is 163 Å². The third-order valence-corrected chi connectivity index (χ3v) is 6.30. The molecule has 1 N–H and O–H groups in total. The van der Waals surface area contributed by atoms with E-state index in [0.29, 0.717) is 6.07 Å². The first-order valence-corrected chi connectivity index (χ1v) is 9.86. The zero-order chi connectivity index (χ0) is 20.5. The molecule has 0 saturated carbocycles. The summed E-state index contributed by atoms with van der Waals surface area (Å²) in [5, 5.41) is 2.21. The highest BCUT2D eigenvalue weighted by atomic mass is 35.5. The van der Waals surface area contributed by atoms with Crippen molar-refractivity contribution in [3.05, 3.63) is 58.4 Å². The Morgan fingerprint density at radius 3 is 2.43 bits per heavy atom. The zero-order valence-corrected chi connectivity index (χ0v) is 15.8. The van der Waals surface area contributed by atoms with Crippen molar-refractivity contribution in [1.82, 2.24) is 4.31 Å². The van der Waals surface area contributed by atoms with Crippen LogP contribution in [0.2, 0.25) is 5.02 Å². The number of rotatable bonds is 4. The Balaban J connectivity index is 1.90. The molecule has 0 aromatic heterocycles. The Hall–Kier alpha value is -2.14. The van der Waals surface area contributed by atoms with Crippen LogP contribution in [0.15, 0.2) is 35.2 Å². The summed E-state index contributed by atoms with van der Waals surface area (Å²) in [4.78, 5) is 12.1. The number of anilines is 1. The van der Waals surface area contributed by atoms with E-state index in [0.717, 1.165) is 12.1 Å². The fourth-order valence-corrected chi connectivity index (χ4v) is 4.19. The highest BCUT2D eigenvalue weighted by molar-refractivity contribution is 7.89. The molecule has 1 aliphatic rings. The second-order valence-corrected chi connectivity index (χ2v) is 8.18. The van der Waals surface area contributed by atoms with Crippen molar-refractivity contribution in [2.45, 2.75) is 4.90 Å². The van der Waals surface area contributed by atoms with Crippen LogP contribution in [0.4, 0.5) is 18.9 Å². The molecule has 28 heavy (non-hydrogen) atoms. The van der Waals surface area contributed by atoms with E-state index in [1.165, 1.54) is 16.4 Å². The average Bonchev–Trinajstić information content (AvgIpc) is 2.68. The monoisotopic (exact) mass is 434 g/mol. The summed E-state index contributed by atoms with van der Waals surface area (Å²) in [5.41, 5.74) is -0.874. The minimum Gasteiger partial charge on any atom is -0.379 e. The minimum atomic E-state index is -3.86. The SMILES string of the molecule is O=C(Nc1cc(S(=O)(=O)N2CCOCC2)ccc1Cl)c1ccc(F)c(F)c1F. The molecule has 150 valence electrons. The summed E-state index contributed by atoms with van der Waals surface area (Å²) in [5.74, 6) is -6.00. The largest absolute Gasteiger partial charge is 0.379 e. The van der Waals surface area contributed by atoms with Gasteiger partial charge in [0, 0.05) is 13.1 Å². The summed E-state index contributed by atoms with van der Waals surface area (Å²) >= 11 is 5.99. The first-order chi connectivity index (χ1) is 13.2. The molecule has 1 fully saturated rings. The standard InChI is InChI=1S/C17H14ClF3N2O4S/c18-12-3-1-10(28(25,26)23-5-7-27-8-6-23)9-14(12)22-17(24)11-2-4-13(19)16(21)15(11)20/h1-4,9H,5-8H2,(H,22,24). The van der Waals surface area contributed by atoms with Crippen molar-refractivity contribution in [2.24, 2.45) is 0 Å². The van der Waals surface area contributed by atoms with E-state index in [1.807, 2.05) is 0 Å². The van der Waals surface area contributed by atoms with Gasteiger partial charge < -0.3 is 10.1 Å². The number of halogens is 4. The normalized spacial score (nSPS) is 15.4. The second kappa shape index (κ2) is 8.08. The number of ether oxygens (including phenoxy) is 1. The lowest BCUT2D eigenvalue weighted by Crippen LogP contribution is -2.40. The Morgan fingerprint density at radius 1 is 1.07 bits per heavy atom. The maximum absolute atomic E-state index is 13.8. The Kier molecular flexibility index (Phi) is 5.94. The van der Waals surface area contributed by atoms with Crippen LogP contribution >= 0.6 is 11.6 Å². The summed E-state index contributed by atoms with van der Waals surface area (Å²) in [6.45, 7) is 0.858. The summed E-state index contributed by atoms with van der Waals surface area (Å²) in [7, 11) is -3.86. The van der Waals surface area contributed by atoms with Gasteiger partial charge in [0.25, 0.3) is 5.91 Å². The maximum Gasteiger partial charge on any atom is 0.258 e. The molecule has 1 saturated heterocycles. The van der Waals surface area contributed by atoms with E-state index in [2.05, 4.69) is 5.32 Å². The second-order valence-electron chi connectivity index (χ2n) is 5.84. The van der Waals surface area contributed by atoms with Gasteiger partial charge in [-0.15, -0.1) is 0 Å². The summed E-state index contributed by atoms with van der Waals surface area (Å²) in [6.07, 6.45) is 0. The van der Waals surface area contributed by atoms with Crippen LogP contribution in [0, 0.1) is 17.5 Å². The summed E-state index contributed by atoms with van der Waals surface area (Å²) < 4.78 is 71.9. The molecule has 6 nitrogen and oxygen atoms in total. The maximum atomic E-state index is 13.8. The number of carbonyl (C=O) groups is 1. The van der Waals surface area contributed by atoms with Crippen LogP contribution in [-0.2, 0) is 14.8 Å². The van der Waals surface area contributed by atoms with Gasteiger partial charge in [-0.3, -0.25) is 4.79 Å². The Bertz CT molecular complexity index is 1030. The smallest absolute Gasteiger partial charge is 0.258 e. The first-order valence-electron chi connectivity index (χ1n) is 8.04. The highest BCUT2D eigenvalue weighted by Gasteiger charge is 2.27. The minimum absolute atomic E-state index is 0.0164. The topological polar surface area (TPSA) is 75.7 Å². The van der Waals surface area contributed by atoms with E-state index < -0.39 is 38.9 Å². The number of hydrogen-bond donors (Lipinski definition) is 1. The lowest BCUT2D eigenvalue weighted by atomic mass is 10.1. The van der Waals surface area contributed by atoms with E-state index in [-0.39, 0.29) is 41.9 Å². The van der Waals surface area contributed by atoms with Crippen LogP contribution in [0.1, 0.15) is 10.4 Å². The molecule has 0 spiro atoms. The van der Waals surface area contributed by atoms with Crippen LogP contribution in [0.25, 0.3) is 0 Å². The van der Waals surface area contributed by atoms with Crippen molar-refractivity contribution < 1.29 is 31.1 Å². The van der Waals surface area contributed by atoms with Crippen molar-refractivity contribution in [3.8, 4) is 0 Å². The van der Waals surface area contributed by atoms with Crippen LogP contribution in [0.5, 0.6) is 0 Å². The number of sulfonamides is 1. The third-order valence-electron chi connectivity index (χ3n) is 4.07. The van der Waals surface area contributed by atoms with Crippen LogP contribution in [-0.4, -0.2) is 44.9 Å². The van der Waals surface area contributed by atoms with E-state index in [1.54, 1.807) is 0 Å². The molecule has 2 aromatic carbocycles. The number of hydrogen-bond acceptors (Lipinski definition) is 4. The predicted octanol–water partition coefficient (Wildman–Crippen LogP) is 3.03. The lowest BCUT2D eigenvalue weighted by Gasteiger charge is -2.26. The van der Waals surface area contributed by atoms with Gasteiger partial charge in [0.05, 0.1) is 34.4 Å². The average molecular weight is 435 g/mol. The van der Waals surface area contributed by atoms with Crippen molar-refractivity contribution in [2.75, 3.05) is 31.6 Å². The summed E-state index contributed by atoms with van der Waals surface area (Å²) in [6, 6.07) is 5.01. The van der Waals surface area contributed by atoms with Gasteiger partial charge in [-0.1, -0.05) is 11.6 Å². The molecule has 0 aliphatic carbocycles. The van der Waals surface area contributed by atoms with Crippen molar-refractivity contribution >= 4 is 33.2 Å². The number of nitrogens with one attached hydrogen (secondary N) is 1. The molecule has 3 rings (SSSR count). The number of morpholine rings is 1. The number of benzene rings is 2. The van der Waals surface area contributed by atoms with E-state index in [4.69, 9.17) is 16.3 Å². The van der Waals surface area contributed by atoms with Gasteiger partial charge in [-0.25, -0.2) is 21.6 Å². The molecular formula is C17H14ClF3N2O4S. The number of nitrogens with zero attached hydrogens (tertiary/aromatic N) is 1. The molecule has 2 aromatic rings. The molecule has 11 heteroatoms. The molecule has 0 atom stereocenters. The molecule has 1 heterocycles. The van der Waals surface area contributed by atoms with Crippen LogP contribution < -0.4 is 5.32 Å². The number of carbonyl (C=O) groups excluding carboxylic acids is 1. The molecule has 0 bridgehead atoms. The third kappa shape index (κ3) is 4.00. The fourth-order valence-electron chi connectivity index (χ4n) is 2.59. The van der Waals surface area contributed by atoms with Gasteiger partial charge in [0.15, 0.2) is 17.5 Å². The van der Waals surface area contributed by atoms with E-state index in [9.17, 15) is 26.4 Å². The predicted molar refractivity (Wildman–Crippen MR) is 95.3 cm³/mol. The molecule has 0 unspecified atom stereocenters. The van der Waals surface area contributed by atoms with Gasteiger partial charge >= 0.3 is 0 Å². The van der Waals surface area contributed by atoms with E-state index >= 15 is 0 Å². The number of amides is 1. The Morgan fingerprint density at radius 2 is 1.75 bits per heavy atom. The van der Waals surface area contributed by atoms with Gasteiger partial charge in [0.1, 0.15) is 0 Å². The first kappa shape index (κ1) is 20.6. The zero-order valence-electron chi connectivity index (χ0n) is 14.2.